The molecule has 0 atom stereocenters. The highest BCUT2D eigenvalue weighted by Gasteiger charge is 2.30. The van der Waals surface area contributed by atoms with Crippen LogP contribution in [0.2, 0.25) is 0 Å². The van der Waals surface area contributed by atoms with E-state index in [9.17, 15) is 27.6 Å². The van der Waals surface area contributed by atoms with Crippen molar-refractivity contribution in [1.29, 1.82) is 0 Å². The van der Waals surface area contributed by atoms with Crippen LogP contribution in [-0.2, 0) is 31.6 Å². The van der Waals surface area contributed by atoms with Crippen molar-refractivity contribution in [3.63, 3.8) is 0 Å². The summed E-state index contributed by atoms with van der Waals surface area (Å²) in [6.45, 7) is -0.330. The number of aromatic amines is 1. The molecule has 0 aliphatic carbocycles. The van der Waals surface area contributed by atoms with Crippen molar-refractivity contribution in [2.24, 2.45) is 14.1 Å². The third kappa shape index (κ3) is 3.35. The van der Waals surface area contributed by atoms with Crippen LogP contribution in [-0.4, -0.2) is 20.0 Å². The Morgan fingerprint density at radius 2 is 1.93 bits per heavy atom. The van der Waals surface area contributed by atoms with E-state index in [0.29, 0.717) is 0 Å². The summed E-state index contributed by atoms with van der Waals surface area (Å²) in [4.78, 5) is 39.2. The number of carbonyl (C=O) groups is 1. The molecular weight excluding hydrogens is 367 g/mol. The van der Waals surface area contributed by atoms with Gasteiger partial charge in [0, 0.05) is 19.8 Å². The van der Waals surface area contributed by atoms with Gasteiger partial charge in [0.2, 0.25) is 6.33 Å². The van der Waals surface area contributed by atoms with Gasteiger partial charge in [-0.05, 0) is 18.2 Å². The van der Waals surface area contributed by atoms with Crippen molar-refractivity contribution in [2.45, 2.75) is 12.7 Å². The molecule has 0 spiro atoms. The van der Waals surface area contributed by atoms with Crippen molar-refractivity contribution < 1.29 is 22.5 Å². The number of carbonyl (C=O) groups excluding carboxylic acids is 1. The van der Waals surface area contributed by atoms with Gasteiger partial charge in [0.05, 0.1) is 5.56 Å². The van der Waals surface area contributed by atoms with Crippen LogP contribution in [0.3, 0.4) is 0 Å². The second-order valence-electron chi connectivity index (χ2n) is 5.93. The molecule has 0 aliphatic rings. The minimum Gasteiger partial charge on any atom is -0.323 e. The van der Waals surface area contributed by atoms with E-state index in [0.717, 1.165) is 16.7 Å². The van der Waals surface area contributed by atoms with Gasteiger partial charge in [-0.1, -0.05) is 6.07 Å². The molecule has 2 aromatic heterocycles. The monoisotopic (exact) mass is 382 g/mol. The first-order valence-electron chi connectivity index (χ1n) is 7.73. The first-order chi connectivity index (χ1) is 12.6. The molecule has 142 valence electrons. The van der Waals surface area contributed by atoms with Crippen LogP contribution in [0.25, 0.3) is 11.2 Å². The lowest BCUT2D eigenvalue weighted by molar-refractivity contribution is -0.658. The second-order valence-corrected chi connectivity index (χ2v) is 5.93. The molecule has 0 radical (unpaired) electrons. The zero-order chi connectivity index (χ0) is 19.9. The lowest BCUT2D eigenvalue weighted by atomic mass is 10.2. The molecule has 11 heteroatoms. The minimum absolute atomic E-state index is 0.0180. The summed E-state index contributed by atoms with van der Waals surface area (Å²) in [6.07, 6.45) is -3.18. The molecule has 1 aromatic carbocycles. The van der Waals surface area contributed by atoms with Crippen LogP contribution in [0.1, 0.15) is 5.56 Å². The highest BCUT2D eigenvalue weighted by atomic mass is 19.4. The third-order valence-electron chi connectivity index (χ3n) is 4.07. The maximum Gasteiger partial charge on any atom is 0.416 e. The molecule has 0 bridgehead atoms. The Labute approximate surface area is 149 Å². The summed E-state index contributed by atoms with van der Waals surface area (Å²) < 4.78 is 41.7. The number of aryl methyl sites for hydroxylation is 1. The second kappa shape index (κ2) is 6.41. The molecule has 27 heavy (non-hydrogen) atoms. The molecule has 8 nitrogen and oxygen atoms in total. The topological polar surface area (TPSA) is 92.8 Å². The maximum absolute atomic E-state index is 12.8. The standard InChI is InChI=1S/C16H14F3N5O3/c1-22-13-12(14(26)23(2)15(22)27)24(8-20-13)7-11(25)21-10-5-3-4-9(6-10)16(17,18)19/h3-6,8H,7H2,1-2H3,(H,21,25)/p+1. The summed E-state index contributed by atoms with van der Waals surface area (Å²) in [6, 6.07) is 4.23. The van der Waals surface area contributed by atoms with Crippen molar-refractivity contribution in [3.05, 3.63) is 57.0 Å². The first-order valence-corrected chi connectivity index (χ1v) is 7.73. The van der Waals surface area contributed by atoms with E-state index in [-0.39, 0.29) is 23.4 Å². The Balaban J connectivity index is 1.90. The number of aromatic nitrogens is 4. The predicted molar refractivity (Wildman–Crippen MR) is 89.0 cm³/mol. The quantitative estimate of drug-likeness (QED) is 0.647. The normalized spacial score (nSPS) is 11.7. The molecule has 0 saturated heterocycles. The van der Waals surface area contributed by atoms with Crippen molar-refractivity contribution in [2.75, 3.05) is 5.32 Å². The number of hydrogen-bond donors (Lipinski definition) is 2. The van der Waals surface area contributed by atoms with E-state index in [1.165, 1.54) is 41.7 Å². The van der Waals surface area contributed by atoms with E-state index in [1.807, 2.05) is 0 Å². The predicted octanol–water partition coefficient (Wildman–Crippen LogP) is 0.510. The average Bonchev–Trinajstić information content (AvgIpc) is 3.01. The first kappa shape index (κ1) is 18.4. The van der Waals surface area contributed by atoms with Crippen LogP contribution >= 0.6 is 0 Å². The molecule has 0 fully saturated rings. The Kier molecular flexibility index (Phi) is 4.38. The van der Waals surface area contributed by atoms with Crippen molar-refractivity contribution in [3.8, 4) is 0 Å². The molecule has 2 heterocycles. The Morgan fingerprint density at radius 1 is 1.22 bits per heavy atom. The van der Waals surface area contributed by atoms with E-state index < -0.39 is 28.9 Å². The van der Waals surface area contributed by atoms with E-state index in [2.05, 4.69) is 10.3 Å². The van der Waals surface area contributed by atoms with Crippen LogP contribution in [0.15, 0.2) is 40.2 Å². The van der Waals surface area contributed by atoms with Crippen LogP contribution in [0.5, 0.6) is 0 Å². The van der Waals surface area contributed by atoms with Gasteiger partial charge in [0.25, 0.3) is 17.1 Å². The van der Waals surface area contributed by atoms with Gasteiger partial charge in [-0.3, -0.25) is 18.7 Å². The number of benzene rings is 1. The Morgan fingerprint density at radius 3 is 2.59 bits per heavy atom. The summed E-state index contributed by atoms with van der Waals surface area (Å²) in [7, 11) is 2.78. The smallest absolute Gasteiger partial charge is 0.323 e. The highest BCUT2D eigenvalue weighted by molar-refractivity contribution is 5.90. The Hall–Kier alpha value is -3.37. The number of nitrogens with zero attached hydrogens (tertiary/aromatic N) is 3. The van der Waals surface area contributed by atoms with Gasteiger partial charge in [-0.15, -0.1) is 0 Å². The molecule has 0 saturated carbocycles. The zero-order valence-electron chi connectivity index (χ0n) is 14.3. The fraction of sp³-hybridized carbons (Fsp3) is 0.250. The lowest BCUT2D eigenvalue weighted by Crippen LogP contribution is -2.46. The SMILES string of the molecule is Cn1c(=O)c2c([nH]c[n+]2CC(=O)Nc2cccc(C(F)(F)F)c2)n(C)c1=O. The van der Waals surface area contributed by atoms with Crippen LogP contribution < -0.4 is 21.1 Å². The Bertz CT molecular complexity index is 1160. The van der Waals surface area contributed by atoms with Crippen LogP contribution in [0, 0.1) is 0 Å². The minimum atomic E-state index is -4.52. The highest BCUT2D eigenvalue weighted by Crippen LogP contribution is 2.30. The number of amides is 1. The van der Waals surface area contributed by atoms with E-state index in [1.54, 1.807) is 0 Å². The van der Waals surface area contributed by atoms with Gasteiger partial charge in [0.15, 0.2) is 6.54 Å². The number of rotatable bonds is 3. The van der Waals surface area contributed by atoms with Gasteiger partial charge in [-0.2, -0.15) is 13.2 Å². The fourth-order valence-electron chi connectivity index (χ4n) is 2.71. The average molecular weight is 382 g/mol. The van der Waals surface area contributed by atoms with Crippen LogP contribution in [0.4, 0.5) is 18.9 Å². The lowest BCUT2D eigenvalue weighted by Gasteiger charge is -2.09. The van der Waals surface area contributed by atoms with E-state index in [4.69, 9.17) is 0 Å². The largest absolute Gasteiger partial charge is 0.416 e. The number of nitrogens with one attached hydrogen (secondary N) is 2. The number of anilines is 1. The van der Waals surface area contributed by atoms with Gasteiger partial charge in [0.1, 0.15) is 0 Å². The molecule has 1 amide bonds. The molecular formula is C16H15F3N5O3+. The zero-order valence-corrected chi connectivity index (χ0v) is 14.3. The third-order valence-corrected chi connectivity index (χ3v) is 4.07. The summed E-state index contributed by atoms with van der Waals surface area (Å²) in [5, 5.41) is 2.37. The molecule has 2 N–H and O–H groups in total. The number of fused-ring (bicyclic) bond motifs is 1. The fourth-order valence-corrected chi connectivity index (χ4v) is 2.71. The summed E-state index contributed by atoms with van der Waals surface area (Å²) >= 11 is 0. The maximum atomic E-state index is 12.8. The summed E-state index contributed by atoms with van der Waals surface area (Å²) in [5.41, 5.74) is -1.70. The molecule has 0 aliphatic heterocycles. The molecule has 3 rings (SSSR count). The van der Waals surface area contributed by atoms with Gasteiger partial charge in [-0.25, -0.2) is 14.3 Å². The van der Waals surface area contributed by atoms with E-state index >= 15 is 0 Å². The van der Waals surface area contributed by atoms with Gasteiger partial charge < -0.3 is 5.32 Å². The van der Waals surface area contributed by atoms with Crippen molar-refractivity contribution in [1.82, 2.24) is 14.1 Å². The number of H-pyrrole nitrogens is 1. The van der Waals surface area contributed by atoms with Crippen molar-refractivity contribution >= 4 is 22.8 Å². The number of alkyl halides is 3. The number of hydrogen-bond acceptors (Lipinski definition) is 3. The number of imidazole rings is 1. The van der Waals surface area contributed by atoms with Gasteiger partial charge >= 0.3 is 17.4 Å². The molecule has 0 unspecified atom stereocenters. The molecule has 3 aromatic rings. The number of halogens is 3. The summed E-state index contributed by atoms with van der Waals surface area (Å²) in [5.74, 6) is -0.629.